The maximum absolute atomic E-state index is 2.26. The van der Waals surface area contributed by atoms with Gasteiger partial charge in [-0.05, 0) is 0 Å². The van der Waals surface area contributed by atoms with Gasteiger partial charge in [-0.1, -0.05) is 58.8 Å². The van der Waals surface area contributed by atoms with Crippen LogP contribution in [0.4, 0.5) is 0 Å². The van der Waals surface area contributed by atoms with E-state index in [0.29, 0.717) is 0 Å². The molecule has 0 spiro atoms. The average molecular weight is 142 g/mol. The van der Waals surface area contributed by atoms with Gasteiger partial charge >= 0.3 is 0 Å². The van der Waals surface area contributed by atoms with E-state index in [-0.39, 0.29) is 6.15 Å². The fraction of sp³-hybridized carbons (Fsp3) is 1.00. The molecule has 10 heavy (non-hydrogen) atoms. The van der Waals surface area contributed by atoms with Crippen LogP contribution < -0.4 is 6.15 Å². The molecule has 0 heterocycles. The lowest BCUT2D eigenvalue weighted by atomic mass is 10.1. The van der Waals surface area contributed by atoms with Gasteiger partial charge in [-0.3, -0.25) is 0 Å². The summed E-state index contributed by atoms with van der Waals surface area (Å²) in [6, 6.07) is 0. The van der Waals surface area contributed by atoms with Gasteiger partial charge < -0.3 is 0 Å². The van der Waals surface area contributed by atoms with Crippen molar-refractivity contribution in [1.82, 2.24) is 6.15 Å². The molecule has 1 heteroatoms. The smallest absolute Gasteiger partial charge is 0 e. The molecule has 0 bridgehead atoms. The summed E-state index contributed by atoms with van der Waals surface area (Å²) in [5.74, 6) is 0. The normalized spacial score (nSPS) is 9.00. The standard InChI is InChI=1S/C9H20.N/c1-3-5-7-9-8-6-4-2;/h3-9H2,1-2H3;. The molecule has 0 unspecified atom stereocenters. The van der Waals surface area contributed by atoms with Crippen LogP contribution in [0, 0.1) is 0 Å². The third kappa shape index (κ3) is 10.9. The summed E-state index contributed by atoms with van der Waals surface area (Å²) >= 11 is 0. The van der Waals surface area contributed by atoms with Gasteiger partial charge in [0, 0.05) is 6.15 Å². The Labute approximate surface area is 65.8 Å². The minimum Gasteiger partial charge on any atom is -0.0654 e. The zero-order valence-corrected chi connectivity index (χ0v) is 7.40. The molecule has 0 amide bonds. The van der Waals surface area contributed by atoms with Crippen LogP contribution in [0.1, 0.15) is 58.8 Å². The first-order chi connectivity index (χ1) is 4.41. The molecule has 0 aromatic carbocycles. The van der Waals surface area contributed by atoms with Crippen LogP contribution >= 0.6 is 0 Å². The Kier molecular flexibility index (Phi) is 14.8. The second kappa shape index (κ2) is 11.7. The minimum atomic E-state index is 0. The van der Waals surface area contributed by atoms with E-state index in [9.17, 15) is 0 Å². The summed E-state index contributed by atoms with van der Waals surface area (Å²) in [5, 5.41) is 0. The van der Waals surface area contributed by atoms with Crippen molar-refractivity contribution in [1.29, 1.82) is 0 Å². The molecule has 3 radical (unpaired) electrons. The molecule has 1 nitrogen and oxygen atoms in total. The zero-order chi connectivity index (χ0) is 6.95. The molecule has 0 N–H and O–H groups in total. The van der Waals surface area contributed by atoms with Crippen LogP contribution in [0.15, 0.2) is 0 Å². The molecule has 0 aromatic heterocycles. The highest BCUT2D eigenvalue weighted by Crippen LogP contribution is 2.05. The Morgan fingerprint density at radius 3 is 1.20 bits per heavy atom. The van der Waals surface area contributed by atoms with Gasteiger partial charge in [-0.25, -0.2) is 0 Å². The van der Waals surface area contributed by atoms with Crippen molar-refractivity contribution in [3.63, 3.8) is 0 Å². The van der Waals surface area contributed by atoms with Crippen LogP contribution in [-0.2, 0) is 0 Å². The average Bonchev–Trinajstić information content (AvgIpc) is 1.89. The van der Waals surface area contributed by atoms with Crippen molar-refractivity contribution in [3.05, 3.63) is 0 Å². The van der Waals surface area contributed by atoms with Crippen LogP contribution in [0.3, 0.4) is 0 Å². The van der Waals surface area contributed by atoms with Crippen LogP contribution in [-0.4, -0.2) is 0 Å². The number of unbranched alkanes of at least 4 members (excludes halogenated alkanes) is 6. The fourth-order valence-corrected chi connectivity index (χ4v) is 1.03. The number of nitrogens with zero attached hydrogens (tertiary/aromatic N) is 1. The van der Waals surface area contributed by atoms with E-state index in [1.54, 1.807) is 0 Å². The lowest BCUT2D eigenvalue weighted by Gasteiger charge is -1.96. The first-order valence-electron chi connectivity index (χ1n) is 4.41. The first-order valence-corrected chi connectivity index (χ1v) is 4.41. The van der Waals surface area contributed by atoms with E-state index in [4.69, 9.17) is 0 Å². The number of hydrogen-bond acceptors (Lipinski definition) is 0. The largest absolute Gasteiger partial charge is 0.0654 e. The van der Waals surface area contributed by atoms with Gasteiger partial charge in [-0.2, -0.15) is 0 Å². The number of rotatable bonds is 6. The van der Waals surface area contributed by atoms with Crippen LogP contribution in [0.2, 0.25) is 0 Å². The topological polar surface area (TPSA) is 30.5 Å². The summed E-state index contributed by atoms with van der Waals surface area (Å²) in [6.07, 6.45) is 9.97. The molecular formula is C9H20N. The van der Waals surface area contributed by atoms with Crippen LogP contribution in [0.25, 0.3) is 0 Å². The molecule has 0 aromatic rings. The Morgan fingerprint density at radius 2 is 0.900 bits per heavy atom. The molecule has 0 fully saturated rings. The zero-order valence-electron chi connectivity index (χ0n) is 7.40. The highest BCUT2D eigenvalue weighted by Gasteiger charge is 1.85. The molecular weight excluding hydrogens is 122 g/mol. The summed E-state index contributed by atoms with van der Waals surface area (Å²) in [4.78, 5) is 0. The predicted octanol–water partition coefficient (Wildman–Crippen LogP) is 3.28. The molecule has 0 aliphatic rings. The maximum atomic E-state index is 2.26. The molecule has 0 rings (SSSR count). The molecule has 0 saturated heterocycles. The van der Waals surface area contributed by atoms with Gasteiger partial charge in [0.2, 0.25) is 0 Å². The van der Waals surface area contributed by atoms with Gasteiger partial charge in [0.15, 0.2) is 0 Å². The maximum Gasteiger partial charge on any atom is 0 e. The highest BCUT2D eigenvalue weighted by molar-refractivity contribution is 4.41. The van der Waals surface area contributed by atoms with E-state index in [1.165, 1.54) is 44.9 Å². The fourth-order valence-electron chi connectivity index (χ4n) is 1.03. The molecule has 0 saturated carbocycles. The second-order valence-electron chi connectivity index (χ2n) is 2.77. The van der Waals surface area contributed by atoms with Crippen molar-refractivity contribution < 1.29 is 0 Å². The van der Waals surface area contributed by atoms with Gasteiger partial charge in [0.05, 0.1) is 0 Å². The Balaban J connectivity index is 0. The van der Waals surface area contributed by atoms with E-state index in [0.717, 1.165) is 0 Å². The summed E-state index contributed by atoms with van der Waals surface area (Å²) in [5.41, 5.74) is 0. The van der Waals surface area contributed by atoms with Crippen molar-refractivity contribution in [2.45, 2.75) is 58.8 Å². The molecule has 61 valence electrons. The van der Waals surface area contributed by atoms with Crippen molar-refractivity contribution in [2.75, 3.05) is 0 Å². The molecule has 0 aliphatic carbocycles. The third-order valence-electron chi connectivity index (χ3n) is 1.71. The Hall–Kier alpha value is -0.0400. The summed E-state index contributed by atoms with van der Waals surface area (Å²) < 4.78 is 0. The lowest BCUT2D eigenvalue weighted by molar-refractivity contribution is 0.602. The van der Waals surface area contributed by atoms with E-state index < -0.39 is 0 Å². The minimum absolute atomic E-state index is 0. The number of hydrogen-bond donors (Lipinski definition) is 0. The van der Waals surface area contributed by atoms with E-state index >= 15 is 0 Å². The Morgan fingerprint density at radius 1 is 0.600 bits per heavy atom. The quantitative estimate of drug-likeness (QED) is 0.510. The predicted molar refractivity (Wildman–Crippen MR) is 45.8 cm³/mol. The van der Waals surface area contributed by atoms with Crippen molar-refractivity contribution in [3.8, 4) is 0 Å². The SMILES string of the molecule is CCCCCCCCC.[N]. The molecule has 0 atom stereocenters. The highest BCUT2D eigenvalue weighted by atomic mass is 14.0. The third-order valence-corrected chi connectivity index (χ3v) is 1.71. The second-order valence-corrected chi connectivity index (χ2v) is 2.77. The summed E-state index contributed by atoms with van der Waals surface area (Å²) in [6.45, 7) is 4.53. The monoisotopic (exact) mass is 142 g/mol. The van der Waals surface area contributed by atoms with Crippen molar-refractivity contribution in [2.24, 2.45) is 0 Å². The Bertz CT molecular complexity index is 38.0. The van der Waals surface area contributed by atoms with Gasteiger partial charge in [0.25, 0.3) is 0 Å². The van der Waals surface area contributed by atoms with E-state index in [1.807, 2.05) is 0 Å². The first kappa shape index (κ1) is 12.6. The van der Waals surface area contributed by atoms with Crippen molar-refractivity contribution >= 4 is 0 Å². The molecule has 0 aliphatic heterocycles. The summed E-state index contributed by atoms with van der Waals surface area (Å²) in [7, 11) is 0. The lowest BCUT2D eigenvalue weighted by Crippen LogP contribution is -1.76. The van der Waals surface area contributed by atoms with Crippen LogP contribution in [0.5, 0.6) is 0 Å². The van der Waals surface area contributed by atoms with Gasteiger partial charge in [-0.15, -0.1) is 0 Å². The van der Waals surface area contributed by atoms with E-state index in [2.05, 4.69) is 13.8 Å². The van der Waals surface area contributed by atoms with Gasteiger partial charge in [0.1, 0.15) is 0 Å².